The summed E-state index contributed by atoms with van der Waals surface area (Å²) in [4.78, 5) is 2.50. The first-order chi connectivity index (χ1) is 8.56. The van der Waals surface area contributed by atoms with E-state index in [1.807, 2.05) is 0 Å². The Morgan fingerprint density at radius 1 is 1.17 bits per heavy atom. The number of para-hydroxylation sites is 1. The van der Waals surface area contributed by atoms with Gasteiger partial charge in [-0.2, -0.15) is 0 Å². The summed E-state index contributed by atoms with van der Waals surface area (Å²) in [6.07, 6.45) is 2.45. The lowest BCUT2D eigenvalue weighted by molar-refractivity contribution is 0.368. The standard InChI is InChI=1S/C16H26N2/c1-16(2,3)9-10-17-11-13-18-12-8-14-6-4-5-7-15(14)18/h4-7,17H,8-13H2,1-3H3. The van der Waals surface area contributed by atoms with Crippen molar-refractivity contribution in [3.8, 4) is 0 Å². The molecule has 0 spiro atoms. The number of anilines is 1. The summed E-state index contributed by atoms with van der Waals surface area (Å²) >= 11 is 0. The van der Waals surface area contributed by atoms with Gasteiger partial charge in [0.1, 0.15) is 0 Å². The monoisotopic (exact) mass is 246 g/mol. The van der Waals surface area contributed by atoms with Crippen molar-refractivity contribution in [3.05, 3.63) is 29.8 Å². The summed E-state index contributed by atoms with van der Waals surface area (Å²) in [5.41, 5.74) is 3.38. The van der Waals surface area contributed by atoms with E-state index in [4.69, 9.17) is 0 Å². The van der Waals surface area contributed by atoms with Crippen LogP contribution in [0.1, 0.15) is 32.8 Å². The second kappa shape index (κ2) is 5.75. The van der Waals surface area contributed by atoms with Crippen LogP contribution < -0.4 is 10.2 Å². The highest BCUT2D eigenvalue weighted by Gasteiger charge is 2.17. The third kappa shape index (κ3) is 3.74. The van der Waals surface area contributed by atoms with Crippen LogP contribution in [0.5, 0.6) is 0 Å². The van der Waals surface area contributed by atoms with Gasteiger partial charge in [0.15, 0.2) is 0 Å². The summed E-state index contributed by atoms with van der Waals surface area (Å²) in [5.74, 6) is 0. The topological polar surface area (TPSA) is 15.3 Å². The van der Waals surface area contributed by atoms with Crippen molar-refractivity contribution < 1.29 is 0 Å². The van der Waals surface area contributed by atoms with Crippen molar-refractivity contribution in [2.24, 2.45) is 5.41 Å². The maximum Gasteiger partial charge on any atom is 0.0399 e. The molecule has 0 unspecified atom stereocenters. The Morgan fingerprint density at radius 2 is 1.94 bits per heavy atom. The van der Waals surface area contributed by atoms with Crippen LogP contribution in [0.4, 0.5) is 5.69 Å². The van der Waals surface area contributed by atoms with Gasteiger partial charge < -0.3 is 10.2 Å². The number of fused-ring (bicyclic) bond motifs is 1. The number of hydrogen-bond acceptors (Lipinski definition) is 2. The largest absolute Gasteiger partial charge is 0.370 e. The van der Waals surface area contributed by atoms with Crippen LogP contribution in [0.2, 0.25) is 0 Å². The molecule has 18 heavy (non-hydrogen) atoms. The number of hydrogen-bond donors (Lipinski definition) is 1. The summed E-state index contributed by atoms with van der Waals surface area (Å²) < 4.78 is 0. The molecule has 1 aliphatic heterocycles. The van der Waals surface area contributed by atoms with Crippen molar-refractivity contribution in [1.82, 2.24) is 5.32 Å². The molecule has 1 aliphatic rings. The van der Waals surface area contributed by atoms with E-state index in [0.717, 1.165) is 19.6 Å². The molecule has 0 aliphatic carbocycles. The summed E-state index contributed by atoms with van der Waals surface area (Å²) in [5, 5.41) is 3.56. The molecule has 100 valence electrons. The maximum atomic E-state index is 3.56. The average Bonchev–Trinajstić information content (AvgIpc) is 2.71. The molecule has 0 bridgehead atoms. The molecule has 0 aromatic heterocycles. The lowest BCUT2D eigenvalue weighted by Gasteiger charge is -2.21. The Labute approximate surface area is 111 Å². The van der Waals surface area contributed by atoms with Gasteiger partial charge in [0, 0.05) is 25.3 Å². The highest BCUT2D eigenvalue weighted by atomic mass is 15.2. The van der Waals surface area contributed by atoms with Gasteiger partial charge in [-0.15, -0.1) is 0 Å². The Morgan fingerprint density at radius 3 is 2.72 bits per heavy atom. The van der Waals surface area contributed by atoms with E-state index in [0.29, 0.717) is 5.41 Å². The van der Waals surface area contributed by atoms with E-state index in [1.54, 1.807) is 0 Å². The van der Waals surface area contributed by atoms with Gasteiger partial charge in [-0.3, -0.25) is 0 Å². The highest BCUT2D eigenvalue weighted by molar-refractivity contribution is 5.57. The fourth-order valence-corrected chi connectivity index (χ4v) is 2.44. The normalized spacial score (nSPS) is 14.9. The third-order valence-electron chi connectivity index (χ3n) is 3.59. The molecule has 1 N–H and O–H groups in total. The predicted octanol–water partition coefficient (Wildman–Crippen LogP) is 3.07. The minimum Gasteiger partial charge on any atom is -0.370 e. The van der Waals surface area contributed by atoms with Gasteiger partial charge >= 0.3 is 0 Å². The lowest BCUT2D eigenvalue weighted by Crippen LogP contribution is -2.32. The van der Waals surface area contributed by atoms with E-state index in [-0.39, 0.29) is 0 Å². The van der Waals surface area contributed by atoms with Gasteiger partial charge in [0.2, 0.25) is 0 Å². The minimum absolute atomic E-state index is 0.438. The molecule has 1 aromatic rings. The molecule has 2 nitrogen and oxygen atoms in total. The zero-order valence-corrected chi connectivity index (χ0v) is 12.0. The summed E-state index contributed by atoms with van der Waals surface area (Å²) in [6, 6.07) is 8.79. The molecule has 0 fully saturated rings. The van der Waals surface area contributed by atoms with E-state index in [2.05, 4.69) is 55.3 Å². The Bertz CT molecular complexity index is 379. The molecule has 0 saturated carbocycles. The predicted molar refractivity (Wildman–Crippen MR) is 79.3 cm³/mol. The molecule has 0 radical (unpaired) electrons. The van der Waals surface area contributed by atoms with Crippen LogP contribution in [0.15, 0.2) is 24.3 Å². The van der Waals surface area contributed by atoms with Crippen molar-refractivity contribution in [3.63, 3.8) is 0 Å². The number of benzene rings is 1. The molecule has 1 heterocycles. The van der Waals surface area contributed by atoms with Crippen LogP contribution >= 0.6 is 0 Å². The van der Waals surface area contributed by atoms with E-state index in [9.17, 15) is 0 Å². The van der Waals surface area contributed by atoms with Gasteiger partial charge in [-0.25, -0.2) is 0 Å². The second-order valence-electron chi connectivity index (χ2n) is 6.43. The van der Waals surface area contributed by atoms with Gasteiger partial charge in [0.25, 0.3) is 0 Å². The smallest absolute Gasteiger partial charge is 0.0399 e. The molecule has 0 atom stereocenters. The van der Waals surface area contributed by atoms with Crippen molar-refractivity contribution in [2.45, 2.75) is 33.6 Å². The van der Waals surface area contributed by atoms with Gasteiger partial charge in [-0.05, 0) is 36.4 Å². The SMILES string of the molecule is CC(C)(C)CCNCCN1CCc2ccccc21. The zero-order chi connectivity index (χ0) is 13.0. The fourth-order valence-electron chi connectivity index (χ4n) is 2.44. The van der Waals surface area contributed by atoms with Crippen LogP contribution in [-0.4, -0.2) is 26.2 Å². The molecule has 2 heteroatoms. The van der Waals surface area contributed by atoms with Crippen LogP contribution in [-0.2, 0) is 6.42 Å². The first-order valence-electron chi connectivity index (χ1n) is 7.10. The van der Waals surface area contributed by atoms with Crippen LogP contribution in [0, 0.1) is 5.41 Å². The summed E-state index contributed by atoms with van der Waals surface area (Å²) in [6.45, 7) is 11.4. The van der Waals surface area contributed by atoms with Gasteiger partial charge in [-0.1, -0.05) is 39.0 Å². The molecular formula is C16H26N2. The quantitative estimate of drug-likeness (QED) is 0.803. The van der Waals surface area contributed by atoms with E-state index in [1.165, 1.54) is 30.6 Å². The molecule has 1 aromatic carbocycles. The van der Waals surface area contributed by atoms with Crippen LogP contribution in [0.3, 0.4) is 0 Å². The Balaban J connectivity index is 1.70. The van der Waals surface area contributed by atoms with E-state index >= 15 is 0 Å². The molecule has 2 rings (SSSR count). The van der Waals surface area contributed by atoms with Crippen LogP contribution in [0.25, 0.3) is 0 Å². The highest BCUT2D eigenvalue weighted by Crippen LogP contribution is 2.26. The first-order valence-corrected chi connectivity index (χ1v) is 7.10. The Hall–Kier alpha value is -1.02. The maximum absolute atomic E-state index is 3.56. The Kier molecular flexibility index (Phi) is 4.28. The molecule has 0 saturated heterocycles. The van der Waals surface area contributed by atoms with Crippen molar-refractivity contribution in [2.75, 3.05) is 31.1 Å². The number of nitrogens with zero attached hydrogens (tertiary/aromatic N) is 1. The first kappa shape index (κ1) is 13.4. The lowest BCUT2D eigenvalue weighted by atomic mass is 9.92. The van der Waals surface area contributed by atoms with Crippen molar-refractivity contribution >= 4 is 5.69 Å². The van der Waals surface area contributed by atoms with Crippen molar-refractivity contribution in [1.29, 1.82) is 0 Å². The number of nitrogens with one attached hydrogen (secondary N) is 1. The third-order valence-corrected chi connectivity index (χ3v) is 3.59. The average molecular weight is 246 g/mol. The summed E-state index contributed by atoms with van der Waals surface area (Å²) in [7, 11) is 0. The fraction of sp³-hybridized carbons (Fsp3) is 0.625. The molecule has 0 amide bonds. The van der Waals surface area contributed by atoms with E-state index < -0.39 is 0 Å². The van der Waals surface area contributed by atoms with Gasteiger partial charge in [0.05, 0.1) is 0 Å². The number of rotatable bonds is 5. The second-order valence-corrected chi connectivity index (χ2v) is 6.43. The molecular weight excluding hydrogens is 220 g/mol. The zero-order valence-electron chi connectivity index (χ0n) is 12.0. The minimum atomic E-state index is 0.438.